The van der Waals surface area contributed by atoms with Crippen LogP contribution in [-0.4, -0.2) is 31.6 Å². The number of hydrogen-bond acceptors (Lipinski definition) is 3. The van der Waals surface area contributed by atoms with Gasteiger partial charge in [-0.3, -0.25) is 11.3 Å². The summed E-state index contributed by atoms with van der Waals surface area (Å²) in [5.41, 5.74) is 6.93. The average molecular weight is 235 g/mol. The van der Waals surface area contributed by atoms with Gasteiger partial charge in [0, 0.05) is 6.04 Å². The van der Waals surface area contributed by atoms with E-state index in [1.165, 1.54) is 16.7 Å². The molecule has 1 aromatic carbocycles. The maximum atomic E-state index is 5.61. The third-order valence-corrected chi connectivity index (χ3v) is 2.92. The molecule has 0 aliphatic rings. The second-order valence-electron chi connectivity index (χ2n) is 5.16. The van der Waals surface area contributed by atoms with Gasteiger partial charge in [-0.25, -0.2) is 0 Å². The Kier molecular flexibility index (Phi) is 5.62. The zero-order chi connectivity index (χ0) is 12.8. The molecule has 0 aliphatic carbocycles. The van der Waals surface area contributed by atoms with Crippen LogP contribution in [0.15, 0.2) is 18.2 Å². The molecule has 0 aromatic heterocycles. The minimum atomic E-state index is 0.346. The highest BCUT2D eigenvalue weighted by Crippen LogP contribution is 2.12. The zero-order valence-electron chi connectivity index (χ0n) is 11.5. The minimum absolute atomic E-state index is 0.346. The van der Waals surface area contributed by atoms with E-state index in [0.717, 1.165) is 19.4 Å². The Labute approximate surface area is 105 Å². The highest BCUT2D eigenvalue weighted by molar-refractivity contribution is 5.29. The topological polar surface area (TPSA) is 41.3 Å². The Balaban J connectivity index is 2.60. The number of rotatable bonds is 6. The summed E-state index contributed by atoms with van der Waals surface area (Å²) in [6.45, 7) is 5.34. The van der Waals surface area contributed by atoms with Gasteiger partial charge >= 0.3 is 0 Å². The Morgan fingerprint density at radius 2 is 1.76 bits per heavy atom. The second kappa shape index (κ2) is 6.74. The van der Waals surface area contributed by atoms with Crippen molar-refractivity contribution in [3.63, 3.8) is 0 Å². The minimum Gasteiger partial charge on any atom is -0.309 e. The number of nitrogens with two attached hydrogens (primary N) is 1. The highest BCUT2D eigenvalue weighted by Gasteiger charge is 2.08. The molecule has 0 saturated heterocycles. The van der Waals surface area contributed by atoms with Gasteiger partial charge in [-0.15, -0.1) is 0 Å². The molecule has 1 aromatic rings. The number of nitrogens with one attached hydrogen (secondary N) is 1. The normalized spacial score (nSPS) is 13.1. The van der Waals surface area contributed by atoms with Crippen LogP contribution in [-0.2, 0) is 6.42 Å². The molecule has 0 bridgehead atoms. The van der Waals surface area contributed by atoms with Crippen LogP contribution in [0.1, 0.15) is 23.1 Å². The largest absolute Gasteiger partial charge is 0.309 e. The summed E-state index contributed by atoms with van der Waals surface area (Å²) in [5.74, 6) is 5.61. The lowest BCUT2D eigenvalue weighted by atomic mass is 10.00. The molecule has 0 fully saturated rings. The zero-order valence-corrected chi connectivity index (χ0v) is 11.5. The summed E-state index contributed by atoms with van der Waals surface area (Å²) in [6.07, 6.45) is 2.06. The van der Waals surface area contributed by atoms with Gasteiger partial charge in [0.25, 0.3) is 0 Å². The summed E-state index contributed by atoms with van der Waals surface area (Å²) < 4.78 is 0. The third kappa shape index (κ3) is 5.31. The molecule has 96 valence electrons. The van der Waals surface area contributed by atoms with E-state index in [9.17, 15) is 0 Å². The first-order chi connectivity index (χ1) is 8.01. The van der Waals surface area contributed by atoms with E-state index in [1.54, 1.807) is 0 Å². The number of benzene rings is 1. The van der Waals surface area contributed by atoms with Crippen molar-refractivity contribution in [2.75, 3.05) is 20.6 Å². The van der Waals surface area contributed by atoms with E-state index >= 15 is 0 Å². The summed E-state index contributed by atoms with van der Waals surface area (Å²) in [5, 5.41) is 0. The first-order valence-corrected chi connectivity index (χ1v) is 6.19. The van der Waals surface area contributed by atoms with Gasteiger partial charge in [-0.05, 0) is 52.9 Å². The van der Waals surface area contributed by atoms with Crippen LogP contribution in [0.5, 0.6) is 0 Å². The van der Waals surface area contributed by atoms with Crippen LogP contribution in [0.3, 0.4) is 0 Å². The van der Waals surface area contributed by atoms with Crippen molar-refractivity contribution in [1.29, 1.82) is 0 Å². The predicted octanol–water partition coefficient (Wildman–Crippen LogP) is 1.63. The van der Waals surface area contributed by atoms with E-state index in [-0.39, 0.29) is 0 Å². The molecule has 0 saturated carbocycles. The summed E-state index contributed by atoms with van der Waals surface area (Å²) >= 11 is 0. The molecule has 3 nitrogen and oxygen atoms in total. The molecule has 17 heavy (non-hydrogen) atoms. The number of hydrogen-bond donors (Lipinski definition) is 2. The fourth-order valence-electron chi connectivity index (χ4n) is 2.13. The maximum Gasteiger partial charge on any atom is 0.0263 e. The molecule has 0 spiro atoms. The first-order valence-electron chi connectivity index (χ1n) is 6.19. The van der Waals surface area contributed by atoms with Crippen LogP contribution >= 0.6 is 0 Å². The summed E-state index contributed by atoms with van der Waals surface area (Å²) in [7, 11) is 4.18. The van der Waals surface area contributed by atoms with Crippen molar-refractivity contribution in [2.45, 2.75) is 32.7 Å². The molecular formula is C14H25N3. The van der Waals surface area contributed by atoms with Crippen LogP contribution in [0.25, 0.3) is 0 Å². The van der Waals surface area contributed by atoms with E-state index in [1.807, 2.05) is 0 Å². The van der Waals surface area contributed by atoms with E-state index in [0.29, 0.717) is 6.04 Å². The van der Waals surface area contributed by atoms with Gasteiger partial charge in [-0.2, -0.15) is 0 Å². The molecule has 3 N–H and O–H groups in total. The van der Waals surface area contributed by atoms with Gasteiger partial charge in [0.2, 0.25) is 0 Å². The lowest BCUT2D eigenvalue weighted by molar-refractivity contribution is 0.358. The van der Waals surface area contributed by atoms with Crippen LogP contribution in [0.4, 0.5) is 0 Å². The van der Waals surface area contributed by atoms with Crippen molar-refractivity contribution in [3.8, 4) is 0 Å². The van der Waals surface area contributed by atoms with Gasteiger partial charge in [-0.1, -0.05) is 29.3 Å². The van der Waals surface area contributed by atoms with Crippen molar-refractivity contribution >= 4 is 0 Å². The molecule has 1 atom stereocenters. The highest BCUT2D eigenvalue weighted by atomic mass is 15.2. The van der Waals surface area contributed by atoms with Gasteiger partial charge < -0.3 is 4.90 Å². The lowest BCUT2D eigenvalue weighted by Gasteiger charge is -2.19. The molecule has 1 unspecified atom stereocenters. The smallest absolute Gasteiger partial charge is 0.0263 e. The molecule has 1 rings (SSSR count). The monoisotopic (exact) mass is 235 g/mol. The van der Waals surface area contributed by atoms with Crippen LogP contribution in [0.2, 0.25) is 0 Å². The number of aryl methyl sites for hydroxylation is 2. The first kappa shape index (κ1) is 14.2. The van der Waals surface area contributed by atoms with Gasteiger partial charge in [0.05, 0.1) is 0 Å². The predicted molar refractivity (Wildman–Crippen MR) is 73.9 cm³/mol. The Morgan fingerprint density at radius 3 is 2.24 bits per heavy atom. The standard InChI is InChI=1S/C14H25N3/c1-11-7-12(2)9-13(8-11)10-14(16-15)5-6-17(3)4/h7-9,14,16H,5-6,10,15H2,1-4H3. The van der Waals surface area contributed by atoms with Crippen molar-refractivity contribution < 1.29 is 0 Å². The van der Waals surface area contributed by atoms with Crippen LogP contribution < -0.4 is 11.3 Å². The Morgan fingerprint density at radius 1 is 1.18 bits per heavy atom. The second-order valence-corrected chi connectivity index (χ2v) is 5.16. The molecule has 3 heteroatoms. The fourth-order valence-corrected chi connectivity index (χ4v) is 2.13. The quantitative estimate of drug-likeness (QED) is 0.581. The molecule has 0 amide bonds. The third-order valence-electron chi connectivity index (χ3n) is 2.92. The van der Waals surface area contributed by atoms with Crippen molar-refractivity contribution in [2.24, 2.45) is 5.84 Å². The van der Waals surface area contributed by atoms with E-state index in [4.69, 9.17) is 5.84 Å². The number of hydrazine groups is 1. The maximum absolute atomic E-state index is 5.61. The SMILES string of the molecule is Cc1cc(C)cc(CC(CCN(C)C)NN)c1. The molecular weight excluding hydrogens is 210 g/mol. The van der Waals surface area contributed by atoms with E-state index < -0.39 is 0 Å². The van der Waals surface area contributed by atoms with Crippen LogP contribution in [0, 0.1) is 13.8 Å². The molecule has 0 radical (unpaired) electrons. The van der Waals surface area contributed by atoms with E-state index in [2.05, 4.69) is 56.5 Å². The number of nitrogens with zero attached hydrogens (tertiary/aromatic N) is 1. The summed E-state index contributed by atoms with van der Waals surface area (Å²) in [4.78, 5) is 2.19. The average Bonchev–Trinajstić information content (AvgIpc) is 2.22. The molecule has 0 aliphatic heterocycles. The Bertz CT molecular complexity index is 327. The van der Waals surface area contributed by atoms with Gasteiger partial charge in [0.15, 0.2) is 0 Å². The molecule has 0 heterocycles. The van der Waals surface area contributed by atoms with Crippen molar-refractivity contribution in [1.82, 2.24) is 10.3 Å². The lowest BCUT2D eigenvalue weighted by Crippen LogP contribution is -2.38. The summed E-state index contributed by atoms with van der Waals surface area (Å²) in [6, 6.07) is 7.03. The van der Waals surface area contributed by atoms with Crippen molar-refractivity contribution in [3.05, 3.63) is 34.9 Å². The fraction of sp³-hybridized carbons (Fsp3) is 0.571. The van der Waals surface area contributed by atoms with Gasteiger partial charge in [0.1, 0.15) is 0 Å². The Hall–Kier alpha value is -0.900.